The number of carbonyl (C=O) groups is 1. The van der Waals surface area contributed by atoms with Crippen LogP contribution in [0.15, 0.2) is 42.9 Å². The lowest BCUT2D eigenvalue weighted by atomic mass is 9.95. The van der Waals surface area contributed by atoms with Crippen LogP contribution in [0.4, 0.5) is 27.6 Å². The summed E-state index contributed by atoms with van der Waals surface area (Å²) in [6, 6.07) is 7.15. The third kappa shape index (κ3) is 3.91. The average Bonchev–Trinajstić information content (AvgIpc) is 3.88. The van der Waals surface area contributed by atoms with E-state index >= 15 is 0 Å². The highest BCUT2D eigenvalue weighted by Gasteiger charge is 2.64. The molecular formula is C28H23F5N6O3. The smallest absolute Gasteiger partial charge is 0.455 e. The Morgan fingerprint density at radius 3 is 2.52 bits per heavy atom. The van der Waals surface area contributed by atoms with Gasteiger partial charge in [0.15, 0.2) is 5.65 Å². The van der Waals surface area contributed by atoms with E-state index in [0.717, 1.165) is 11.1 Å². The second kappa shape index (κ2) is 8.82. The van der Waals surface area contributed by atoms with E-state index < -0.39 is 30.0 Å². The van der Waals surface area contributed by atoms with Gasteiger partial charge in [0.25, 0.3) is 0 Å². The fraction of sp³-hybridized carbons (Fsp3) is 0.393. The second-order valence-electron chi connectivity index (χ2n) is 10.9. The first-order valence-electron chi connectivity index (χ1n) is 13.2. The predicted octanol–water partition coefficient (Wildman–Crippen LogP) is 5.05. The number of amides is 1. The molecule has 9 nitrogen and oxygen atoms in total. The molecule has 3 aromatic heterocycles. The number of anilines is 1. The van der Waals surface area contributed by atoms with Gasteiger partial charge in [-0.1, -0.05) is 12.1 Å². The van der Waals surface area contributed by atoms with Gasteiger partial charge in [-0.3, -0.25) is 4.79 Å². The molecule has 2 aliphatic carbocycles. The van der Waals surface area contributed by atoms with E-state index in [0.29, 0.717) is 46.6 Å². The normalized spacial score (nSPS) is 20.7. The van der Waals surface area contributed by atoms with Gasteiger partial charge in [-0.05, 0) is 54.4 Å². The molecule has 0 radical (unpaired) electrons. The van der Waals surface area contributed by atoms with Crippen LogP contribution in [0.25, 0.3) is 16.9 Å². The van der Waals surface area contributed by atoms with Gasteiger partial charge in [0.05, 0.1) is 37.4 Å². The minimum Gasteiger partial charge on any atom is -0.480 e. The van der Waals surface area contributed by atoms with Crippen LogP contribution >= 0.6 is 0 Å². The molecule has 1 aliphatic heterocycles. The average molecular weight is 587 g/mol. The molecule has 42 heavy (non-hydrogen) atoms. The first-order chi connectivity index (χ1) is 20.0. The van der Waals surface area contributed by atoms with Crippen LogP contribution in [-0.4, -0.2) is 63.3 Å². The van der Waals surface area contributed by atoms with Crippen LogP contribution in [0.3, 0.4) is 0 Å². The van der Waals surface area contributed by atoms with Gasteiger partial charge < -0.3 is 14.4 Å². The van der Waals surface area contributed by atoms with E-state index in [1.165, 1.54) is 14.2 Å². The van der Waals surface area contributed by atoms with Crippen LogP contribution < -0.4 is 14.4 Å². The Morgan fingerprint density at radius 2 is 1.83 bits per heavy atom. The fourth-order valence-corrected chi connectivity index (χ4v) is 5.98. The third-order valence-electron chi connectivity index (χ3n) is 8.39. The maximum Gasteiger partial charge on any atom is 0.455 e. The summed E-state index contributed by atoms with van der Waals surface area (Å²) in [7, 11) is 2.91. The highest BCUT2D eigenvalue weighted by atomic mass is 19.4. The minimum absolute atomic E-state index is 0.0445. The molecule has 1 spiro atoms. The zero-order valence-corrected chi connectivity index (χ0v) is 22.3. The molecule has 0 saturated heterocycles. The van der Waals surface area contributed by atoms with Gasteiger partial charge in [0.1, 0.15) is 0 Å². The fourth-order valence-electron chi connectivity index (χ4n) is 5.98. The third-order valence-corrected chi connectivity index (χ3v) is 8.39. The van der Waals surface area contributed by atoms with Crippen LogP contribution in [0.5, 0.6) is 11.9 Å². The molecule has 1 aromatic carbocycles. The quantitative estimate of drug-likeness (QED) is 0.280. The van der Waals surface area contributed by atoms with Crippen LogP contribution in [0, 0.1) is 0 Å². The Bertz CT molecular complexity index is 1750. The number of imidazole rings is 1. The van der Waals surface area contributed by atoms with E-state index in [1.807, 2.05) is 12.1 Å². The topological polar surface area (TPSA) is 94.7 Å². The van der Waals surface area contributed by atoms with Crippen molar-refractivity contribution in [1.82, 2.24) is 24.6 Å². The highest BCUT2D eigenvalue weighted by Crippen LogP contribution is 2.61. The number of hydrogen-bond donors (Lipinski definition) is 0. The largest absolute Gasteiger partial charge is 0.480 e. The van der Waals surface area contributed by atoms with E-state index in [1.54, 1.807) is 35.2 Å². The molecule has 14 heteroatoms. The minimum atomic E-state index is -5.77. The van der Waals surface area contributed by atoms with Crippen molar-refractivity contribution in [3.8, 4) is 23.1 Å². The molecular weight excluding hydrogens is 563 g/mol. The number of methoxy groups -OCH3 is 2. The Balaban J connectivity index is 1.24. The molecule has 2 saturated carbocycles. The van der Waals surface area contributed by atoms with Crippen molar-refractivity contribution in [1.29, 1.82) is 0 Å². The molecule has 1 unspecified atom stereocenters. The number of fused-ring (bicyclic) bond motifs is 3. The zero-order chi connectivity index (χ0) is 29.6. The van der Waals surface area contributed by atoms with Gasteiger partial charge >= 0.3 is 18.1 Å². The summed E-state index contributed by atoms with van der Waals surface area (Å²) in [4.78, 5) is 26.6. The van der Waals surface area contributed by atoms with E-state index in [4.69, 9.17) is 9.47 Å². The monoisotopic (exact) mass is 586 g/mol. The number of halogens is 5. The van der Waals surface area contributed by atoms with Crippen molar-refractivity contribution in [2.45, 2.75) is 48.6 Å². The Morgan fingerprint density at radius 1 is 1.05 bits per heavy atom. The Hall–Kier alpha value is -4.36. The number of hydrogen-bond acceptors (Lipinski definition) is 7. The Labute approximate surface area is 235 Å². The van der Waals surface area contributed by atoms with E-state index in [2.05, 4.69) is 20.1 Å². The van der Waals surface area contributed by atoms with Gasteiger partial charge in [0, 0.05) is 29.8 Å². The van der Waals surface area contributed by atoms with Gasteiger partial charge in [0.2, 0.25) is 11.8 Å². The number of benzene rings is 1. The lowest BCUT2D eigenvalue weighted by Gasteiger charge is -2.26. The van der Waals surface area contributed by atoms with Crippen molar-refractivity contribution in [3.63, 3.8) is 0 Å². The van der Waals surface area contributed by atoms with E-state index in [-0.39, 0.29) is 29.4 Å². The molecule has 3 aliphatic rings. The number of rotatable bonds is 7. The number of carbonyl (C=O) groups excluding carboxylic acids is 1. The standard InChI is InChI=1S/C28H23F5N6O3/c1-41-23-18(12-35-25(36-23)42-2)20-11-17(22-34-7-8-39(22)37-20)16-10-15(16)14-3-4-19-21(9-14)38(24(40)26(19)5-6-26)13-27(29,30)28(31,32)33/h3-4,7-9,11-12,15-16H,5-6,10,13H2,1-2H3/t15-,16?/m1/s1. The number of ether oxygens (including phenoxy) is 2. The van der Waals surface area contributed by atoms with Crippen LogP contribution in [0.2, 0.25) is 0 Å². The molecule has 2 atom stereocenters. The van der Waals surface area contributed by atoms with Crippen molar-refractivity contribution < 1.29 is 36.2 Å². The zero-order valence-electron chi connectivity index (χ0n) is 22.3. The van der Waals surface area contributed by atoms with Gasteiger partial charge in [-0.15, -0.1) is 0 Å². The summed E-state index contributed by atoms with van der Waals surface area (Å²) in [6.45, 7) is -1.74. The maximum absolute atomic E-state index is 14.1. The van der Waals surface area contributed by atoms with Gasteiger partial charge in [-0.25, -0.2) is 14.5 Å². The summed E-state index contributed by atoms with van der Waals surface area (Å²) in [5.41, 5.74) is 2.93. The van der Waals surface area contributed by atoms with Crippen molar-refractivity contribution >= 4 is 17.2 Å². The van der Waals surface area contributed by atoms with Gasteiger partial charge in [-0.2, -0.15) is 32.0 Å². The molecule has 218 valence electrons. The lowest BCUT2D eigenvalue weighted by Crippen LogP contribution is -2.49. The van der Waals surface area contributed by atoms with Crippen molar-refractivity contribution in [2.75, 3.05) is 25.7 Å². The molecule has 4 heterocycles. The molecule has 0 bridgehead atoms. The molecule has 1 amide bonds. The maximum atomic E-state index is 14.1. The van der Waals surface area contributed by atoms with Crippen LogP contribution in [0.1, 0.15) is 47.8 Å². The summed E-state index contributed by atoms with van der Waals surface area (Å²) < 4.78 is 79.6. The SMILES string of the molecule is COc1ncc(-c2cc(C3C[C@@H]3c3ccc4c(c3)N(CC(F)(F)C(F)(F)F)C(=O)C43CC3)c3nccn3n2)c(OC)n1. The second-order valence-corrected chi connectivity index (χ2v) is 10.9. The molecule has 0 N–H and O–H groups in total. The summed E-state index contributed by atoms with van der Waals surface area (Å²) in [5, 5.41) is 4.63. The van der Waals surface area contributed by atoms with E-state index in [9.17, 15) is 26.7 Å². The van der Waals surface area contributed by atoms with Crippen molar-refractivity contribution in [2.24, 2.45) is 0 Å². The summed E-state index contributed by atoms with van der Waals surface area (Å²) in [5.74, 6) is -5.59. The molecule has 4 aromatic rings. The summed E-state index contributed by atoms with van der Waals surface area (Å²) in [6.07, 6.45) is 0.620. The molecule has 7 rings (SSSR count). The highest BCUT2D eigenvalue weighted by molar-refractivity contribution is 6.10. The first-order valence-corrected chi connectivity index (χ1v) is 13.2. The number of nitrogens with zero attached hydrogens (tertiary/aromatic N) is 6. The first kappa shape index (κ1) is 26.5. The Kier molecular flexibility index (Phi) is 5.57. The van der Waals surface area contributed by atoms with Crippen molar-refractivity contribution in [3.05, 3.63) is 59.5 Å². The van der Waals surface area contributed by atoms with Crippen LogP contribution in [-0.2, 0) is 10.2 Å². The predicted molar refractivity (Wildman–Crippen MR) is 138 cm³/mol. The lowest BCUT2D eigenvalue weighted by molar-refractivity contribution is -0.276. The summed E-state index contributed by atoms with van der Waals surface area (Å²) >= 11 is 0. The number of aromatic nitrogens is 5. The number of alkyl halides is 5. The molecule has 2 fully saturated rings.